The molecular weight excluding hydrogens is 321 g/mol. The molecule has 0 amide bonds. The van der Waals surface area contributed by atoms with Gasteiger partial charge in [0.1, 0.15) is 0 Å². The summed E-state index contributed by atoms with van der Waals surface area (Å²) in [5.74, 6) is -0.187. The van der Waals surface area contributed by atoms with E-state index in [1.54, 1.807) is 0 Å². The van der Waals surface area contributed by atoms with Crippen LogP contribution in [0.2, 0.25) is 0 Å². The van der Waals surface area contributed by atoms with Crippen LogP contribution in [0.5, 0.6) is 0 Å². The number of carbonyl (C=O) groups excluding carboxylic acids is 3. The molecule has 123 valence electrons. The van der Waals surface area contributed by atoms with Crippen LogP contribution >= 0.6 is 0 Å². The van der Waals surface area contributed by atoms with Crippen molar-refractivity contribution >= 4 is 17.3 Å². The molecule has 0 aliphatic rings. The number of carbonyl (C=O) groups is 3. The average molecular weight is 345 g/mol. The molecule has 0 heterocycles. The van der Waals surface area contributed by atoms with E-state index >= 15 is 0 Å². The van der Waals surface area contributed by atoms with Gasteiger partial charge in [-0.1, -0.05) is 0 Å². The molecule has 0 bridgehead atoms. The van der Waals surface area contributed by atoms with Crippen molar-refractivity contribution in [1.82, 2.24) is 0 Å². The van der Waals surface area contributed by atoms with Crippen LogP contribution in [-0.4, -0.2) is 32.7 Å². The van der Waals surface area contributed by atoms with Crippen molar-refractivity contribution in [3.8, 4) is 0 Å². The fourth-order valence-corrected chi connectivity index (χ4v) is 0.882. The van der Waals surface area contributed by atoms with Gasteiger partial charge in [0.05, 0.1) is 17.3 Å². The number of allylic oxidation sites excluding steroid dienone is 6. The van der Waals surface area contributed by atoms with Gasteiger partial charge < -0.3 is 15.3 Å². The van der Waals surface area contributed by atoms with Gasteiger partial charge in [0, 0.05) is 44.1 Å². The Morgan fingerprint density at radius 3 is 0.682 bits per heavy atom. The van der Waals surface area contributed by atoms with Gasteiger partial charge in [-0.2, -0.15) is 0 Å². The van der Waals surface area contributed by atoms with Crippen LogP contribution < -0.4 is 0 Å². The van der Waals surface area contributed by atoms with E-state index in [9.17, 15) is 14.4 Å². The molecular formula is C15H24O6Sc. The van der Waals surface area contributed by atoms with Gasteiger partial charge in [-0.05, 0) is 41.5 Å². The predicted octanol–water partition coefficient (Wildman–Crippen LogP) is 3.11. The smallest absolute Gasteiger partial charge is 0.155 e. The largest absolute Gasteiger partial charge is 0.512 e. The van der Waals surface area contributed by atoms with Crippen LogP contribution in [0, 0.1) is 0 Å². The van der Waals surface area contributed by atoms with E-state index in [1.165, 1.54) is 59.8 Å². The second-order valence-electron chi connectivity index (χ2n) is 4.19. The summed E-state index contributed by atoms with van der Waals surface area (Å²) in [5.41, 5.74) is 0. The van der Waals surface area contributed by atoms with E-state index in [2.05, 4.69) is 0 Å². The first kappa shape index (κ1) is 28.6. The molecule has 0 aromatic carbocycles. The maximum atomic E-state index is 10.0. The zero-order valence-electron chi connectivity index (χ0n) is 13.9. The van der Waals surface area contributed by atoms with Crippen molar-refractivity contribution in [3.05, 3.63) is 35.5 Å². The van der Waals surface area contributed by atoms with Crippen LogP contribution in [0.4, 0.5) is 0 Å². The van der Waals surface area contributed by atoms with Crippen molar-refractivity contribution in [3.63, 3.8) is 0 Å². The van der Waals surface area contributed by atoms with Gasteiger partial charge in [-0.3, -0.25) is 14.4 Å². The summed E-state index contributed by atoms with van der Waals surface area (Å²) in [6.07, 6.45) is 3.50. The predicted molar refractivity (Wildman–Crippen MR) is 81.2 cm³/mol. The van der Waals surface area contributed by atoms with E-state index in [0.29, 0.717) is 0 Å². The summed E-state index contributed by atoms with van der Waals surface area (Å²) in [7, 11) is 0. The molecule has 22 heavy (non-hydrogen) atoms. The van der Waals surface area contributed by atoms with Crippen molar-refractivity contribution < 1.29 is 55.5 Å². The summed E-state index contributed by atoms with van der Waals surface area (Å²) in [6.45, 7) is 8.54. The Labute approximate surface area is 150 Å². The molecule has 0 aliphatic carbocycles. The molecule has 0 fully saturated rings. The topological polar surface area (TPSA) is 112 Å². The van der Waals surface area contributed by atoms with Gasteiger partial charge in [-0.15, -0.1) is 0 Å². The first-order chi connectivity index (χ1) is 9.38. The molecule has 3 N–H and O–H groups in total. The Morgan fingerprint density at radius 2 is 0.682 bits per heavy atom. The first-order valence-corrected chi connectivity index (χ1v) is 6.02. The van der Waals surface area contributed by atoms with Crippen LogP contribution in [-0.2, 0) is 40.2 Å². The van der Waals surface area contributed by atoms with Crippen LogP contribution in [0.25, 0.3) is 0 Å². The maximum Gasteiger partial charge on any atom is 0.155 e. The summed E-state index contributed by atoms with van der Waals surface area (Å²) in [4.78, 5) is 30.1. The summed E-state index contributed by atoms with van der Waals surface area (Å²) < 4.78 is 0. The molecule has 0 spiro atoms. The quantitative estimate of drug-likeness (QED) is 0.535. The molecule has 0 saturated heterocycles. The molecule has 1 radical (unpaired) electrons. The zero-order valence-corrected chi connectivity index (χ0v) is 15.7. The van der Waals surface area contributed by atoms with Crippen molar-refractivity contribution in [2.75, 3.05) is 0 Å². The van der Waals surface area contributed by atoms with Gasteiger partial charge in [0.25, 0.3) is 0 Å². The maximum absolute atomic E-state index is 10.0. The monoisotopic (exact) mass is 345 g/mol. The second-order valence-corrected chi connectivity index (χ2v) is 4.19. The fraction of sp³-hybridized carbons (Fsp3) is 0.400. The van der Waals surface area contributed by atoms with Crippen molar-refractivity contribution in [1.29, 1.82) is 0 Å². The molecule has 0 atom stereocenters. The van der Waals surface area contributed by atoms with Gasteiger partial charge >= 0.3 is 0 Å². The van der Waals surface area contributed by atoms with E-state index in [0.717, 1.165) is 0 Å². The Balaban J connectivity index is -0.000000108. The molecule has 0 aliphatic heterocycles. The fourth-order valence-electron chi connectivity index (χ4n) is 0.882. The summed E-state index contributed by atoms with van der Waals surface area (Å²) in [5, 5.41) is 25.1. The van der Waals surface area contributed by atoms with E-state index in [4.69, 9.17) is 15.3 Å². The van der Waals surface area contributed by atoms with Crippen molar-refractivity contribution in [2.24, 2.45) is 0 Å². The summed E-state index contributed by atoms with van der Waals surface area (Å²) in [6, 6.07) is 0. The third kappa shape index (κ3) is 51.4. The third-order valence-electron chi connectivity index (χ3n) is 1.24. The number of aliphatic hydroxyl groups is 3. The van der Waals surface area contributed by atoms with E-state index in [1.807, 2.05) is 0 Å². The number of ketones is 3. The Hall–Kier alpha value is -1.50. The number of rotatable bonds is 3. The van der Waals surface area contributed by atoms with Crippen LogP contribution in [0.15, 0.2) is 35.5 Å². The van der Waals surface area contributed by atoms with E-state index in [-0.39, 0.29) is 60.5 Å². The number of hydrogen-bond acceptors (Lipinski definition) is 6. The minimum Gasteiger partial charge on any atom is -0.512 e. The Bertz CT molecular complexity index is 368. The number of hydrogen-bond donors (Lipinski definition) is 3. The van der Waals surface area contributed by atoms with Gasteiger partial charge in [-0.25, -0.2) is 0 Å². The van der Waals surface area contributed by atoms with Gasteiger partial charge in [0.2, 0.25) is 0 Å². The zero-order chi connectivity index (χ0) is 17.6. The molecule has 0 unspecified atom stereocenters. The Kier molecular flexibility index (Phi) is 22.8. The normalized spacial score (nSPS) is 10.9. The van der Waals surface area contributed by atoms with Crippen LogP contribution in [0.1, 0.15) is 41.5 Å². The Morgan fingerprint density at radius 1 is 0.545 bits per heavy atom. The van der Waals surface area contributed by atoms with E-state index < -0.39 is 0 Å². The molecule has 6 nitrogen and oxygen atoms in total. The third-order valence-corrected chi connectivity index (χ3v) is 1.24. The number of aliphatic hydroxyl groups excluding tert-OH is 3. The van der Waals surface area contributed by atoms with Crippen LogP contribution in [0.3, 0.4) is 0 Å². The molecule has 7 heteroatoms. The standard InChI is InChI=1S/3C5H8O2.Sc/c3*1-4(6)3-5(2)7;/h3*3,6H,1-2H3;/b3*4-3-;. The second kappa shape index (κ2) is 17.6. The molecule has 0 aromatic rings. The minimum absolute atomic E-state index is 0. The molecule has 0 aromatic heterocycles. The molecule has 0 saturated carbocycles. The SMILES string of the molecule is CC(=O)/C=C(/C)O.CC(=O)/C=C(/C)O.CC(=O)/C=C(/C)O.[Sc]. The van der Waals surface area contributed by atoms with Crippen molar-refractivity contribution in [2.45, 2.75) is 41.5 Å². The molecule has 0 rings (SSSR count). The first-order valence-electron chi connectivity index (χ1n) is 6.02. The minimum atomic E-state index is -0.125. The average Bonchev–Trinajstić information content (AvgIpc) is 2.10. The van der Waals surface area contributed by atoms with Gasteiger partial charge in [0.15, 0.2) is 17.3 Å². The summed E-state index contributed by atoms with van der Waals surface area (Å²) >= 11 is 0.